The maximum Gasteiger partial charge on any atom is 0.335 e. The van der Waals surface area contributed by atoms with Crippen LogP contribution in [0.4, 0.5) is 49.4 Å². The first-order chi connectivity index (χ1) is 33.6. The maximum atomic E-state index is 13.3. The first kappa shape index (κ1) is 49.1. The predicted octanol–water partition coefficient (Wildman–Crippen LogP) is 11.5. The van der Waals surface area contributed by atoms with E-state index in [0.717, 1.165) is 16.7 Å². The van der Waals surface area contributed by atoms with Gasteiger partial charge in [0.2, 0.25) is 0 Å². The standard InChI is InChI=1S/C52H46N6O11S2/c1-27-24-28(2)46(57-51(61)55-34-12-8-7-9-13-34)29(3)45(27)53-36-20-22-38-41(25-36)69-42-26-37(21-23-39(42)44(38)40-14-10-11-15-43(40)70(63,64)65)54-47-30(4)48(32(6)49(31(47)5)71(66,67)68)58-52(62)56-35-18-16-33(17-19-35)50(59)60/h7-26,53H,1-6H3,(H,59,60)(H2,55,57,61)(H2,56,58,62)(H,63,64,65)(H,66,67,68). The molecule has 1 heterocycles. The lowest BCUT2D eigenvalue weighted by Crippen LogP contribution is -2.22. The molecule has 0 fully saturated rings. The van der Waals surface area contributed by atoms with E-state index in [0.29, 0.717) is 44.8 Å². The van der Waals surface area contributed by atoms with E-state index >= 15 is 0 Å². The molecular weight excluding hydrogens is 949 g/mol. The highest BCUT2D eigenvalue weighted by Crippen LogP contribution is 2.44. The lowest BCUT2D eigenvalue weighted by atomic mass is 9.93. The Morgan fingerprint density at radius 2 is 1.15 bits per heavy atom. The number of aryl methyl sites for hydroxylation is 2. The maximum absolute atomic E-state index is 13.3. The third-order valence-electron chi connectivity index (χ3n) is 11.9. The van der Waals surface area contributed by atoms with Crippen molar-refractivity contribution in [3.63, 3.8) is 0 Å². The second kappa shape index (κ2) is 19.2. The van der Waals surface area contributed by atoms with Gasteiger partial charge in [0.15, 0.2) is 0 Å². The number of carbonyl (C=O) groups is 3. The zero-order valence-corrected chi connectivity index (χ0v) is 40.6. The van der Waals surface area contributed by atoms with E-state index in [1.54, 1.807) is 67.6 Å². The van der Waals surface area contributed by atoms with Gasteiger partial charge < -0.3 is 36.1 Å². The molecule has 1 aliphatic carbocycles. The number of amides is 4. The van der Waals surface area contributed by atoms with Crippen LogP contribution < -0.4 is 31.9 Å². The van der Waals surface area contributed by atoms with Crippen LogP contribution in [0.5, 0.6) is 0 Å². The van der Waals surface area contributed by atoms with Crippen LogP contribution in [0.25, 0.3) is 33.4 Å². The Morgan fingerprint density at radius 3 is 1.80 bits per heavy atom. The topological polar surface area (TPSA) is 266 Å². The van der Waals surface area contributed by atoms with E-state index in [9.17, 15) is 45.4 Å². The van der Waals surface area contributed by atoms with Crippen LogP contribution in [0, 0.1) is 41.5 Å². The first-order valence-corrected chi connectivity index (χ1v) is 24.6. The Balaban J connectivity index is 1.25. The van der Waals surface area contributed by atoms with Crippen LogP contribution in [-0.4, -0.2) is 49.1 Å². The summed E-state index contributed by atoms with van der Waals surface area (Å²) in [5, 5.41) is 24.5. The minimum atomic E-state index is -4.89. The molecule has 4 amide bonds. The minimum absolute atomic E-state index is 0.000112. The molecule has 19 heteroatoms. The molecule has 1 aliphatic heterocycles. The molecule has 0 aromatic heterocycles. The van der Waals surface area contributed by atoms with Crippen LogP contribution in [0.15, 0.2) is 141 Å². The van der Waals surface area contributed by atoms with Crippen molar-refractivity contribution in [2.24, 2.45) is 4.99 Å². The fraction of sp³-hybridized carbons (Fsp3) is 0.115. The smallest absolute Gasteiger partial charge is 0.335 e. The quantitative estimate of drug-likeness (QED) is 0.0444. The zero-order valence-electron chi connectivity index (χ0n) is 38.9. The Bertz CT molecular complexity index is 3760. The number of hydrogen-bond donors (Lipinski definition) is 8. The summed E-state index contributed by atoms with van der Waals surface area (Å²) in [5.74, 6) is -0.946. The second-order valence-corrected chi connectivity index (χ2v) is 19.5. The van der Waals surface area contributed by atoms with Crippen molar-refractivity contribution in [3.05, 3.63) is 166 Å². The number of benzene rings is 7. The molecule has 0 atom stereocenters. The molecule has 71 heavy (non-hydrogen) atoms. The Kier molecular flexibility index (Phi) is 13.3. The van der Waals surface area contributed by atoms with Gasteiger partial charge in [-0.2, -0.15) is 16.8 Å². The number of para-hydroxylation sites is 1. The van der Waals surface area contributed by atoms with E-state index in [1.807, 2.05) is 45.0 Å². The summed E-state index contributed by atoms with van der Waals surface area (Å²) in [4.78, 5) is 41.8. The van der Waals surface area contributed by atoms with E-state index in [2.05, 4.69) is 26.6 Å². The van der Waals surface area contributed by atoms with E-state index in [4.69, 9.17) is 9.41 Å². The molecule has 17 nitrogen and oxygen atoms in total. The molecule has 8 N–H and O–H groups in total. The SMILES string of the molecule is Cc1cc(C)c(Nc2ccc3c(-c4ccccc4S(=O)(=O)O)c4ccc(=Nc5c(C)c(NC(=O)Nc6ccc(C(=O)O)cc6)c(C)c(S(=O)(=O)O)c5C)cc-4oc3c2)c(C)c1NC(=O)Nc1ccccc1. The molecule has 0 saturated heterocycles. The number of carboxylic acids is 1. The van der Waals surface area contributed by atoms with Gasteiger partial charge in [0.25, 0.3) is 20.2 Å². The van der Waals surface area contributed by atoms with Crippen LogP contribution in [0.1, 0.15) is 43.7 Å². The largest absolute Gasteiger partial charge is 0.478 e. The molecule has 6 aromatic rings. The average molecular weight is 995 g/mol. The number of nitrogens with zero attached hydrogens (tertiary/aromatic N) is 1. The van der Waals surface area contributed by atoms with Crippen LogP contribution in [-0.2, 0) is 20.2 Å². The van der Waals surface area contributed by atoms with E-state index < -0.39 is 43.2 Å². The summed E-state index contributed by atoms with van der Waals surface area (Å²) in [6, 6.07) is 31.2. The number of nitrogens with one attached hydrogen (secondary N) is 5. The molecule has 0 unspecified atom stereocenters. The molecule has 8 rings (SSSR count). The van der Waals surface area contributed by atoms with Gasteiger partial charge in [0.05, 0.1) is 28.0 Å². The summed E-state index contributed by atoms with van der Waals surface area (Å²) in [6.07, 6.45) is 0. The molecule has 6 aromatic carbocycles. The van der Waals surface area contributed by atoms with E-state index in [1.165, 1.54) is 50.2 Å². The molecule has 0 spiro atoms. The highest BCUT2D eigenvalue weighted by atomic mass is 32.2. The summed E-state index contributed by atoms with van der Waals surface area (Å²) >= 11 is 0. The van der Waals surface area contributed by atoms with Crippen molar-refractivity contribution in [2.75, 3.05) is 26.6 Å². The van der Waals surface area contributed by atoms with Crippen molar-refractivity contribution in [2.45, 2.75) is 51.3 Å². The number of carbonyl (C=O) groups excluding carboxylic acids is 2. The summed E-state index contributed by atoms with van der Waals surface area (Å²) < 4.78 is 79.1. The molecule has 0 saturated carbocycles. The predicted molar refractivity (Wildman–Crippen MR) is 273 cm³/mol. The lowest BCUT2D eigenvalue weighted by molar-refractivity contribution is 0.0696. The third kappa shape index (κ3) is 10.2. The molecule has 362 valence electrons. The fourth-order valence-corrected chi connectivity index (χ4v) is 10.4. The van der Waals surface area contributed by atoms with Gasteiger partial charge in [0.1, 0.15) is 21.1 Å². The van der Waals surface area contributed by atoms with Crippen LogP contribution >= 0.6 is 0 Å². The monoisotopic (exact) mass is 994 g/mol. The van der Waals surface area contributed by atoms with Gasteiger partial charge >= 0.3 is 18.0 Å². The zero-order chi connectivity index (χ0) is 51.1. The van der Waals surface area contributed by atoms with Crippen molar-refractivity contribution >= 4 is 89.0 Å². The second-order valence-electron chi connectivity index (χ2n) is 16.8. The molecular formula is C52H46N6O11S2. The third-order valence-corrected chi connectivity index (χ3v) is 14.0. The Morgan fingerprint density at radius 1 is 0.549 bits per heavy atom. The number of carboxylic acid groups (broad SMARTS) is 1. The number of fused-ring (bicyclic) bond motifs is 2. The summed E-state index contributed by atoms with van der Waals surface area (Å²) in [6.45, 7) is 10.2. The number of anilines is 6. The number of aromatic carboxylic acids is 1. The van der Waals surface area contributed by atoms with Crippen molar-refractivity contribution < 1.29 is 49.8 Å². The summed E-state index contributed by atoms with van der Waals surface area (Å²) in [7, 11) is -9.64. The van der Waals surface area contributed by atoms with Gasteiger partial charge in [-0.15, -0.1) is 0 Å². The van der Waals surface area contributed by atoms with Gasteiger partial charge in [0, 0.05) is 57.0 Å². The number of hydrogen-bond acceptors (Lipinski definition) is 10. The highest BCUT2D eigenvalue weighted by Gasteiger charge is 2.27. The lowest BCUT2D eigenvalue weighted by Gasteiger charge is -2.21. The van der Waals surface area contributed by atoms with Gasteiger partial charge in [-0.3, -0.25) is 9.11 Å². The van der Waals surface area contributed by atoms with Gasteiger partial charge in [-0.05, 0) is 142 Å². The van der Waals surface area contributed by atoms with Crippen molar-refractivity contribution in [1.29, 1.82) is 0 Å². The molecule has 2 aliphatic rings. The Hall–Kier alpha value is -8.36. The summed E-state index contributed by atoms with van der Waals surface area (Å²) in [5.41, 5.74) is 7.04. The van der Waals surface area contributed by atoms with E-state index in [-0.39, 0.29) is 60.9 Å². The average Bonchev–Trinajstić information content (AvgIpc) is 3.31. The van der Waals surface area contributed by atoms with Crippen molar-refractivity contribution in [1.82, 2.24) is 0 Å². The fourth-order valence-electron chi connectivity index (χ4n) is 8.75. The van der Waals surface area contributed by atoms with Crippen molar-refractivity contribution in [3.8, 4) is 22.5 Å². The Labute approximate surface area is 408 Å². The van der Waals surface area contributed by atoms with Gasteiger partial charge in [-0.1, -0.05) is 42.5 Å². The number of urea groups is 2. The van der Waals surface area contributed by atoms with Crippen LogP contribution in [0.2, 0.25) is 0 Å². The number of rotatable bonds is 11. The minimum Gasteiger partial charge on any atom is -0.478 e. The van der Waals surface area contributed by atoms with Crippen LogP contribution in [0.3, 0.4) is 0 Å². The molecule has 0 bridgehead atoms. The highest BCUT2D eigenvalue weighted by molar-refractivity contribution is 7.86. The van der Waals surface area contributed by atoms with Gasteiger partial charge in [-0.25, -0.2) is 19.4 Å². The normalized spacial score (nSPS) is 11.9. The molecule has 0 radical (unpaired) electrons. The first-order valence-electron chi connectivity index (χ1n) is 21.7.